The second-order valence-corrected chi connectivity index (χ2v) is 5.46. The highest BCUT2D eigenvalue weighted by Crippen LogP contribution is 2.32. The monoisotopic (exact) mass is 349 g/mol. The summed E-state index contributed by atoms with van der Waals surface area (Å²) >= 11 is 3.41. The summed E-state index contributed by atoms with van der Waals surface area (Å²) in [7, 11) is 0. The van der Waals surface area contributed by atoms with Crippen LogP contribution in [0.15, 0.2) is 53.1 Å². The van der Waals surface area contributed by atoms with Crippen molar-refractivity contribution in [3.8, 4) is 0 Å². The van der Waals surface area contributed by atoms with Gasteiger partial charge in [0.2, 0.25) is 0 Å². The molecule has 0 aliphatic heterocycles. The number of aromatic nitrogens is 1. The van der Waals surface area contributed by atoms with Crippen LogP contribution in [0.25, 0.3) is 10.9 Å². The van der Waals surface area contributed by atoms with Gasteiger partial charge in [0.1, 0.15) is 17.7 Å². The van der Waals surface area contributed by atoms with Gasteiger partial charge in [0, 0.05) is 27.2 Å². The van der Waals surface area contributed by atoms with Crippen molar-refractivity contribution in [2.75, 3.05) is 0 Å². The minimum atomic E-state index is -1.29. The normalized spacial score (nSPS) is 12.6. The predicted octanol–water partition coefficient (Wildman–Crippen LogP) is 4.36. The van der Waals surface area contributed by atoms with Gasteiger partial charge in [-0.25, -0.2) is 8.78 Å². The number of hydrogen-bond donors (Lipinski definition) is 1. The van der Waals surface area contributed by atoms with Crippen molar-refractivity contribution < 1.29 is 13.9 Å². The van der Waals surface area contributed by atoms with E-state index in [0.717, 1.165) is 28.1 Å². The van der Waals surface area contributed by atoms with E-state index >= 15 is 0 Å². The lowest BCUT2D eigenvalue weighted by Crippen LogP contribution is -2.05. The summed E-state index contributed by atoms with van der Waals surface area (Å²) in [6.07, 6.45) is 0.304. The standard InChI is InChI=1S/C16H10BrF2NO/c17-13-5-4-11(15-10(13)2-1-7-20-15)16(21)12-8-9(18)3-6-14(12)19/h1-8,16,21H. The summed E-state index contributed by atoms with van der Waals surface area (Å²) < 4.78 is 27.9. The van der Waals surface area contributed by atoms with E-state index in [4.69, 9.17) is 0 Å². The maximum atomic E-state index is 13.8. The molecule has 0 saturated carbocycles. The van der Waals surface area contributed by atoms with E-state index in [1.807, 2.05) is 6.07 Å². The molecular formula is C16H10BrF2NO. The van der Waals surface area contributed by atoms with Gasteiger partial charge in [0.15, 0.2) is 0 Å². The average molecular weight is 350 g/mol. The molecule has 3 rings (SSSR count). The maximum absolute atomic E-state index is 13.8. The number of pyridine rings is 1. The molecule has 0 amide bonds. The first-order chi connectivity index (χ1) is 10.1. The second-order valence-electron chi connectivity index (χ2n) is 4.60. The lowest BCUT2D eigenvalue weighted by atomic mass is 9.98. The summed E-state index contributed by atoms with van der Waals surface area (Å²) in [5.74, 6) is -1.25. The molecule has 2 nitrogen and oxygen atoms in total. The van der Waals surface area contributed by atoms with Crippen LogP contribution in [0.2, 0.25) is 0 Å². The number of benzene rings is 2. The minimum Gasteiger partial charge on any atom is -0.383 e. The fraction of sp³-hybridized carbons (Fsp3) is 0.0625. The second kappa shape index (κ2) is 5.50. The van der Waals surface area contributed by atoms with Crippen molar-refractivity contribution in [2.45, 2.75) is 6.10 Å². The SMILES string of the molecule is OC(c1cc(F)ccc1F)c1ccc(Br)c2cccnc12. The van der Waals surface area contributed by atoms with Gasteiger partial charge in [-0.3, -0.25) is 4.98 Å². The number of fused-ring (bicyclic) bond motifs is 1. The molecule has 1 aromatic heterocycles. The van der Waals surface area contributed by atoms with Crippen LogP contribution >= 0.6 is 15.9 Å². The van der Waals surface area contributed by atoms with Crippen LogP contribution in [0.1, 0.15) is 17.2 Å². The first kappa shape index (κ1) is 14.1. The number of nitrogens with zero attached hydrogens (tertiary/aromatic N) is 1. The van der Waals surface area contributed by atoms with Crippen LogP contribution in [0.5, 0.6) is 0 Å². The molecule has 0 aliphatic carbocycles. The van der Waals surface area contributed by atoms with E-state index < -0.39 is 17.7 Å². The Morgan fingerprint density at radius 1 is 1.05 bits per heavy atom. The van der Waals surface area contributed by atoms with Gasteiger partial charge in [-0.15, -0.1) is 0 Å². The highest BCUT2D eigenvalue weighted by atomic mass is 79.9. The minimum absolute atomic E-state index is 0.107. The Morgan fingerprint density at radius 3 is 2.67 bits per heavy atom. The Morgan fingerprint density at radius 2 is 1.86 bits per heavy atom. The Balaban J connectivity index is 2.20. The molecule has 0 aliphatic rings. The Labute approximate surface area is 128 Å². The van der Waals surface area contributed by atoms with E-state index in [-0.39, 0.29) is 5.56 Å². The molecular weight excluding hydrogens is 340 g/mol. The van der Waals surface area contributed by atoms with E-state index in [0.29, 0.717) is 11.1 Å². The summed E-state index contributed by atoms with van der Waals surface area (Å²) in [5, 5.41) is 11.2. The Bertz CT molecular complexity index is 822. The van der Waals surface area contributed by atoms with Crippen LogP contribution in [-0.4, -0.2) is 10.1 Å². The first-order valence-corrected chi connectivity index (χ1v) is 7.03. The summed E-state index contributed by atoms with van der Waals surface area (Å²) in [6, 6.07) is 10.0. The van der Waals surface area contributed by atoms with Crippen molar-refractivity contribution >= 4 is 26.8 Å². The largest absolute Gasteiger partial charge is 0.383 e. The summed E-state index contributed by atoms with van der Waals surface area (Å²) in [4.78, 5) is 4.23. The molecule has 0 radical (unpaired) electrons. The van der Waals surface area contributed by atoms with Gasteiger partial charge >= 0.3 is 0 Å². The quantitative estimate of drug-likeness (QED) is 0.745. The van der Waals surface area contributed by atoms with Crippen molar-refractivity contribution in [1.29, 1.82) is 0 Å². The Kier molecular flexibility index (Phi) is 3.69. The number of rotatable bonds is 2. The van der Waals surface area contributed by atoms with Gasteiger partial charge in [-0.05, 0) is 30.3 Å². The summed E-state index contributed by atoms with van der Waals surface area (Å²) in [6.45, 7) is 0. The zero-order valence-electron chi connectivity index (χ0n) is 10.7. The van der Waals surface area contributed by atoms with Crippen molar-refractivity contribution in [1.82, 2.24) is 4.98 Å². The van der Waals surface area contributed by atoms with Gasteiger partial charge < -0.3 is 5.11 Å². The zero-order valence-corrected chi connectivity index (χ0v) is 12.3. The van der Waals surface area contributed by atoms with Gasteiger partial charge in [0.05, 0.1) is 5.52 Å². The van der Waals surface area contributed by atoms with E-state index in [1.165, 1.54) is 0 Å². The van der Waals surface area contributed by atoms with Crippen LogP contribution in [0, 0.1) is 11.6 Å². The number of halogens is 3. The molecule has 3 aromatic rings. The molecule has 0 bridgehead atoms. The molecule has 2 aromatic carbocycles. The highest BCUT2D eigenvalue weighted by molar-refractivity contribution is 9.10. The van der Waals surface area contributed by atoms with E-state index in [9.17, 15) is 13.9 Å². The van der Waals surface area contributed by atoms with Crippen molar-refractivity contribution in [3.05, 3.63) is 75.9 Å². The van der Waals surface area contributed by atoms with Crippen LogP contribution in [-0.2, 0) is 0 Å². The zero-order chi connectivity index (χ0) is 15.0. The number of aliphatic hydroxyl groups excluding tert-OH is 1. The number of aliphatic hydroxyl groups is 1. The lowest BCUT2D eigenvalue weighted by Gasteiger charge is -2.15. The molecule has 21 heavy (non-hydrogen) atoms. The molecule has 0 spiro atoms. The van der Waals surface area contributed by atoms with E-state index in [1.54, 1.807) is 24.4 Å². The molecule has 1 unspecified atom stereocenters. The van der Waals surface area contributed by atoms with Crippen LogP contribution in [0.3, 0.4) is 0 Å². The highest BCUT2D eigenvalue weighted by Gasteiger charge is 2.19. The topological polar surface area (TPSA) is 33.1 Å². The third kappa shape index (κ3) is 2.54. The molecule has 5 heteroatoms. The summed E-state index contributed by atoms with van der Waals surface area (Å²) in [5.41, 5.74) is 0.866. The maximum Gasteiger partial charge on any atom is 0.129 e. The molecule has 1 heterocycles. The fourth-order valence-corrected chi connectivity index (χ4v) is 2.72. The van der Waals surface area contributed by atoms with E-state index in [2.05, 4.69) is 20.9 Å². The third-order valence-corrected chi connectivity index (χ3v) is 3.99. The molecule has 1 N–H and O–H groups in total. The van der Waals surface area contributed by atoms with Crippen LogP contribution in [0.4, 0.5) is 8.78 Å². The third-order valence-electron chi connectivity index (χ3n) is 3.29. The smallest absolute Gasteiger partial charge is 0.129 e. The average Bonchev–Trinajstić information content (AvgIpc) is 2.50. The lowest BCUT2D eigenvalue weighted by molar-refractivity contribution is 0.215. The first-order valence-electron chi connectivity index (χ1n) is 6.24. The number of hydrogen-bond acceptors (Lipinski definition) is 2. The van der Waals surface area contributed by atoms with Crippen LogP contribution < -0.4 is 0 Å². The molecule has 0 fully saturated rings. The predicted molar refractivity (Wildman–Crippen MR) is 79.9 cm³/mol. The Hall–Kier alpha value is -1.85. The van der Waals surface area contributed by atoms with Crippen molar-refractivity contribution in [3.63, 3.8) is 0 Å². The molecule has 0 saturated heterocycles. The van der Waals surface area contributed by atoms with Gasteiger partial charge in [-0.2, -0.15) is 0 Å². The molecule has 1 atom stereocenters. The van der Waals surface area contributed by atoms with Gasteiger partial charge in [-0.1, -0.05) is 28.1 Å². The molecule has 106 valence electrons. The fourth-order valence-electron chi connectivity index (χ4n) is 2.27. The van der Waals surface area contributed by atoms with Crippen molar-refractivity contribution in [2.24, 2.45) is 0 Å². The van der Waals surface area contributed by atoms with Gasteiger partial charge in [0.25, 0.3) is 0 Å².